The number of carbonyl (C=O) groups is 2. The lowest BCUT2D eigenvalue weighted by Crippen LogP contribution is -2.41. The van der Waals surface area contributed by atoms with Gasteiger partial charge in [-0.1, -0.05) is 15.9 Å². The Balaban J connectivity index is 4.07. The van der Waals surface area contributed by atoms with Gasteiger partial charge in [0.2, 0.25) is 0 Å². The Hall–Kier alpha value is -0.780. The van der Waals surface area contributed by atoms with Crippen molar-refractivity contribution in [3.05, 3.63) is 0 Å². The molecule has 1 atom stereocenters. The van der Waals surface area contributed by atoms with Crippen molar-refractivity contribution in [3.8, 4) is 0 Å². The summed E-state index contributed by atoms with van der Waals surface area (Å²) in [6, 6.07) is -0.461. The van der Waals surface area contributed by atoms with E-state index in [0.29, 0.717) is 5.33 Å². The lowest BCUT2D eigenvalue weighted by molar-refractivity contribution is -0.137. The summed E-state index contributed by atoms with van der Waals surface area (Å²) in [7, 11) is 0. The number of carbonyl (C=O) groups excluding carboxylic acids is 1. The quantitative estimate of drug-likeness (QED) is 0.770. The summed E-state index contributed by atoms with van der Waals surface area (Å²) in [6.45, 7) is 5.23. The maximum absolute atomic E-state index is 11.3. The van der Waals surface area contributed by atoms with Crippen LogP contribution in [0.25, 0.3) is 0 Å². The van der Waals surface area contributed by atoms with Crippen LogP contribution in [0.2, 0.25) is 0 Å². The second kappa shape index (κ2) is 5.95. The van der Waals surface area contributed by atoms with Crippen LogP contribution in [0.1, 0.15) is 27.2 Å². The van der Waals surface area contributed by atoms with E-state index in [-0.39, 0.29) is 6.42 Å². The van der Waals surface area contributed by atoms with Gasteiger partial charge >= 0.3 is 12.1 Å². The molecule has 0 rings (SSSR count). The van der Waals surface area contributed by atoms with Crippen LogP contribution < -0.4 is 5.32 Å². The van der Waals surface area contributed by atoms with E-state index in [9.17, 15) is 9.59 Å². The summed E-state index contributed by atoms with van der Waals surface area (Å²) in [5, 5.41) is 11.4. The number of rotatable bonds is 4. The second-order valence-corrected chi connectivity index (χ2v) is 4.74. The van der Waals surface area contributed by atoms with Crippen molar-refractivity contribution in [1.82, 2.24) is 5.32 Å². The number of halogens is 1. The molecule has 1 amide bonds. The van der Waals surface area contributed by atoms with Crippen LogP contribution in [0.5, 0.6) is 0 Å². The summed E-state index contributed by atoms with van der Waals surface area (Å²) in [6.07, 6.45) is -0.738. The Bertz CT molecular complexity index is 237. The molecule has 0 aliphatic heterocycles. The number of carboxylic acid groups (broad SMARTS) is 1. The van der Waals surface area contributed by atoms with E-state index in [2.05, 4.69) is 21.2 Å². The second-order valence-electron chi connectivity index (χ2n) is 4.10. The van der Waals surface area contributed by atoms with Gasteiger partial charge in [0.1, 0.15) is 5.60 Å². The average Bonchev–Trinajstić information content (AvgIpc) is 1.98. The molecule has 0 saturated heterocycles. The maximum atomic E-state index is 11.3. The third kappa shape index (κ3) is 8.23. The molecule has 0 aromatic heterocycles. The summed E-state index contributed by atoms with van der Waals surface area (Å²) in [5.41, 5.74) is -0.579. The zero-order chi connectivity index (χ0) is 12.1. The number of carboxylic acids is 1. The van der Waals surface area contributed by atoms with E-state index >= 15 is 0 Å². The van der Waals surface area contributed by atoms with Gasteiger partial charge in [0.25, 0.3) is 0 Å². The molecule has 5 nitrogen and oxygen atoms in total. The topological polar surface area (TPSA) is 75.6 Å². The van der Waals surface area contributed by atoms with Crippen LogP contribution in [-0.2, 0) is 9.53 Å². The van der Waals surface area contributed by atoms with E-state index in [1.807, 2.05) is 0 Å². The number of hydrogen-bond donors (Lipinski definition) is 2. The molecule has 0 spiro atoms. The van der Waals surface area contributed by atoms with Crippen molar-refractivity contribution in [2.45, 2.75) is 38.8 Å². The van der Waals surface area contributed by atoms with Crippen molar-refractivity contribution >= 4 is 28.0 Å². The molecular weight excluding hydrogens is 266 g/mol. The zero-order valence-corrected chi connectivity index (χ0v) is 10.6. The zero-order valence-electron chi connectivity index (χ0n) is 9.04. The first-order valence-electron chi connectivity index (χ1n) is 4.52. The first-order valence-corrected chi connectivity index (χ1v) is 5.64. The Kier molecular flexibility index (Phi) is 5.64. The average molecular weight is 282 g/mol. The van der Waals surface area contributed by atoms with Crippen LogP contribution in [-0.4, -0.2) is 34.1 Å². The van der Waals surface area contributed by atoms with E-state index in [0.717, 1.165) is 0 Å². The van der Waals surface area contributed by atoms with Gasteiger partial charge in [0.05, 0.1) is 12.5 Å². The minimum Gasteiger partial charge on any atom is -0.481 e. The highest BCUT2D eigenvalue weighted by Gasteiger charge is 2.20. The van der Waals surface area contributed by atoms with E-state index < -0.39 is 23.7 Å². The summed E-state index contributed by atoms with van der Waals surface area (Å²) in [5.74, 6) is -0.962. The first-order chi connectivity index (χ1) is 6.74. The number of hydrogen-bond acceptors (Lipinski definition) is 3. The predicted octanol–water partition coefficient (Wildman–Crippen LogP) is 1.75. The van der Waals surface area contributed by atoms with Gasteiger partial charge in [-0.25, -0.2) is 4.79 Å². The highest BCUT2D eigenvalue weighted by atomic mass is 79.9. The Labute approximate surface area is 97.3 Å². The van der Waals surface area contributed by atoms with Gasteiger partial charge in [-0.05, 0) is 20.8 Å². The number of aliphatic carboxylic acids is 1. The van der Waals surface area contributed by atoms with Gasteiger partial charge in [-0.15, -0.1) is 0 Å². The van der Waals surface area contributed by atoms with Crippen LogP contribution >= 0.6 is 15.9 Å². The monoisotopic (exact) mass is 281 g/mol. The minimum absolute atomic E-state index is 0.134. The molecule has 0 aliphatic rings. The normalized spacial score (nSPS) is 13.1. The summed E-state index contributed by atoms with van der Waals surface area (Å²) in [4.78, 5) is 21.7. The molecule has 6 heteroatoms. The summed E-state index contributed by atoms with van der Waals surface area (Å²) < 4.78 is 4.99. The maximum Gasteiger partial charge on any atom is 0.407 e. The highest BCUT2D eigenvalue weighted by Crippen LogP contribution is 2.07. The van der Waals surface area contributed by atoms with Gasteiger partial charge in [0, 0.05) is 5.33 Å². The number of amides is 1. The van der Waals surface area contributed by atoms with Crippen molar-refractivity contribution in [3.63, 3.8) is 0 Å². The molecule has 0 aromatic carbocycles. The van der Waals surface area contributed by atoms with Crippen LogP contribution in [0.4, 0.5) is 4.79 Å². The van der Waals surface area contributed by atoms with Gasteiger partial charge in [0.15, 0.2) is 0 Å². The van der Waals surface area contributed by atoms with Crippen molar-refractivity contribution < 1.29 is 19.4 Å². The van der Waals surface area contributed by atoms with Crippen molar-refractivity contribution in [1.29, 1.82) is 0 Å². The van der Waals surface area contributed by atoms with Gasteiger partial charge in [-0.3, -0.25) is 4.79 Å². The molecular formula is C9H16BrNO4. The molecule has 0 bridgehead atoms. The molecule has 1 unspecified atom stereocenters. The molecule has 0 fully saturated rings. The lowest BCUT2D eigenvalue weighted by Gasteiger charge is -2.22. The molecule has 2 N–H and O–H groups in total. The van der Waals surface area contributed by atoms with Crippen LogP contribution in [0.15, 0.2) is 0 Å². The number of alkyl carbamates (subject to hydrolysis) is 1. The molecule has 0 aliphatic carbocycles. The number of alkyl halides is 1. The fourth-order valence-electron chi connectivity index (χ4n) is 0.829. The van der Waals surface area contributed by atoms with Crippen molar-refractivity contribution in [2.24, 2.45) is 0 Å². The first kappa shape index (κ1) is 14.2. The Morgan fingerprint density at radius 2 is 2.00 bits per heavy atom. The summed E-state index contributed by atoms with van der Waals surface area (Å²) >= 11 is 3.12. The fourth-order valence-corrected chi connectivity index (χ4v) is 1.22. The standard InChI is InChI=1S/C9H16BrNO4/c1-9(2,3)15-8(14)11-6(5-10)4-7(12)13/h6H,4-5H2,1-3H3,(H,11,14)(H,12,13). The number of nitrogens with one attached hydrogen (secondary N) is 1. The van der Waals surface area contributed by atoms with E-state index in [1.165, 1.54) is 0 Å². The molecule has 15 heavy (non-hydrogen) atoms. The van der Waals surface area contributed by atoms with E-state index in [1.54, 1.807) is 20.8 Å². The Morgan fingerprint density at radius 1 is 1.47 bits per heavy atom. The third-order valence-corrected chi connectivity index (χ3v) is 2.11. The van der Waals surface area contributed by atoms with Gasteiger partial charge in [-0.2, -0.15) is 0 Å². The van der Waals surface area contributed by atoms with E-state index in [4.69, 9.17) is 9.84 Å². The highest BCUT2D eigenvalue weighted by molar-refractivity contribution is 9.09. The molecule has 0 radical (unpaired) electrons. The largest absolute Gasteiger partial charge is 0.481 e. The molecule has 88 valence electrons. The van der Waals surface area contributed by atoms with Gasteiger partial charge < -0.3 is 15.2 Å². The third-order valence-electron chi connectivity index (χ3n) is 1.33. The SMILES string of the molecule is CC(C)(C)OC(=O)NC(CBr)CC(=O)O. The minimum atomic E-state index is -0.962. The van der Waals surface area contributed by atoms with Crippen molar-refractivity contribution in [2.75, 3.05) is 5.33 Å². The smallest absolute Gasteiger partial charge is 0.407 e. The molecule has 0 saturated carbocycles. The fraction of sp³-hybridized carbons (Fsp3) is 0.778. The molecule has 0 heterocycles. The molecule has 0 aromatic rings. The predicted molar refractivity (Wildman–Crippen MR) is 59.2 cm³/mol. The van der Waals surface area contributed by atoms with Crippen LogP contribution in [0.3, 0.4) is 0 Å². The van der Waals surface area contributed by atoms with Crippen LogP contribution in [0, 0.1) is 0 Å². The number of ether oxygens (including phenoxy) is 1. The lowest BCUT2D eigenvalue weighted by atomic mass is 10.2. The Morgan fingerprint density at radius 3 is 2.33 bits per heavy atom.